The summed E-state index contributed by atoms with van der Waals surface area (Å²) in [5.74, 6) is 1.36. The molecule has 1 aliphatic heterocycles. The third-order valence-electron chi connectivity index (χ3n) is 3.95. The zero-order valence-corrected chi connectivity index (χ0v) is 12.8. The van der Waals surface area contributed by atoms with Crippen LogP contribution in [0.4, 0.5) is 5.95 Å². The van der Waals surface area contributed by atoms with Gasteiger partial charge >= 0.3 is 0 Å². The number of aryl methyl sites for hydroxylation is 2. The Hall–Kier alpha value is -2.11. The molecule has 1 saturated heterocycles. The topological polar surface area (TPSA) is 56.1 Å². The van der Waals surface area contributed by atoms with Crippen LogP contribution in [0.5, 0.6) is 5.88 Å². The number of nitrogens with zero attached hydrogens (tertiary/aromatic N) is 5. The van der Waals surface area contributed by atoms with E-state index in [1.54, 1.807) is 19.4 Å². The average Bonchev–Trinajstić information content (AvgIpc) is 3.06. The zero-order valence-electron chi connectivity index (χ0n) is 12.8. The van der Waals surface area contributed by atoms with E-state index in [4.69, 9.17) is 4.74 Å². The molecule has 0 radical (unpaired) electrons. The summed E-state index contributed by atoms with van der Waals surface area (Å²) in [6.07, 6.45) is 4.04. The van der Waals surface area contributed by atoms with Crippen LogP contribution in [0.25, 0.3) is 0 Å². The average molecular weight is 287 g/mol. The fraction of sp³-hybridized carbons (Fsp3) is 0.533. The van der Waals surface area contributed by atoms with Crippen molar-refractivity contribution in [1.82, 2.24) is 19.7 Å². The summed E-state index contributed by atoms with van der Waals surface area (Å²) in [7, 11) is 1.63. The van der Waals surface area contributed by atoms with Gasteiger partial charge in [-0.1, -0.05) is 0 Å². The second-order valence-electron chi connectivity index (χ2n) is 5.50. The Labute approximate surface area is 124 Å². The molecule has 0 spiro atoms. The summed E-state index contributed by atoms with van der Waals surface area (Å²) in [6, 6.07) is 4.27. The van der Waals surface area contributed by atoms with Gasteiger partial charge in [-0.25, -0.2) is 4.98 Å². The van der Waals surface area contributed by atoms with E-state index in [1.807, 2.05) is 6.92 Å². The Morgan fingerprint density at radius 1 is 1.38 bits per heavy atom. The van der Waals surface area contributed by atoms with Crippen LogP contribution in [-0.2, 0) is 6.54 Å². The number of hydrogen-bond donors (Lipinski definition) is 0. The van der Waals surface area contributed by atoms with Crippen molar-refractivity contribution in [3.8, 4) is 5.88 Å². The van der Waals surface area contributed by atoms with E-state index in [9.17, 15) is 0 Å². The van der Waals surface area contributed by atoms with Crippen LogP contribution in [0, 0.1) is 13.8 Å². The van der Waals surface area contributed by atoms with Crippen molar-refractivity contribution in [2.24, 2.45) is 0 Å². The first-order chi connectivity index (χ1) is 10.2. The van der Waals surface area contributed by atoms with Crippen molar-refractivity contribution in [1.29, 1.82) is 0 Å². The van der Waals surface area contributed by atoms with Crippen LogP contribution < -0.4 is 9.64 Å². The molecule has 21 heavy (non-hydrogen) atoms. The molecule has 112 valence electrons. The van der Waals surface area contributed by atoms with Crippen molar-refractivity contribution < 1.29 is 4.74 Å². The van der Waals surface area contributed by atoms with Crippen LogP contribution in [0.15, 0.2) is 18.3 Å². The normalized spacial score (nSPS) is 18.2. The minimum Gasteiger partial charge on any atom is -0.481 e. The molecule has 0 aromatic carbocycles. The lowest BCUT2D eigenvalue weighted by atomic mass is 10.2. The van der Waals surface area contributed by atoms with E-state index in [1.165, 1.54) is 5.69 Å². The first kappa shape index (κ1) is 13.9. The fourth-order valence-electron chi connectivity index (χ4n) is 2.93. The molecule has 6 nitrogen and oxygen atoms in total. The summed E-state index contributed by atoms with van der Waals surface area (Å²) in [4.78, 5) is 11.1. The Morgan fingerprint density at radius 3 is 2.95 bits per heavy atom. The zero-order chi connectivity index (χ0) is 14.8. The number of methoxy groups -OCH3 is 1. The van der Waals surface area contributed by atoms with Gasteiger partial charge in [0.05, 0.1) is 25.4 Å². The third kappa shape index (κ3) is 2.84. The number of ether oxygens (including phenoxy) is 1. The monoisotopic (exact) mass is 287 g/mol. The van der Waals surface area contributed by atoms with Gasteiger partial charge in [0.2, 0.25) is 11.8 Å². The molecule has 0 unspecified atom stereocenters. The maximum Gasteiger partial charge on any atom is 0.228 e. The molecule has 0 saturated carbocycles. The van der Waals surface area contributed by atoms with Crippen molar-refractivity contribution in [3.05, 3.63) is 29.7 Å². The van der Waals surface area contributed by atoms with Gasteiger partial charge in [0, 0.05) is 24.5 Å². The van der Waals surface area contributed by atoms with Gasteiger partial charge in [0.1, 0.15) is 0 Å². The van der Waals surface area contributed by atoms with Crippen LogP contribution in [0.2, 0.25) is 0 Å². The highest BCUT2D eigenvalue weighted by molar-refractivity contribution is 5.35. The smallest absolute Gasteiger partial charge is 0.228 e. The number of anilines is 1. The van der Waals surface area contributed by atoms with E-state index < -0.39 is 0 Å². The second-order valence-corrected chi connectivity index (χ2v) is 5.50. The summed E-state index contributed by atoms with van der Waals surface area (Å²) < 4.78 is 7.28. The molecule has 0 N–H and O–H groups in total. The largest absolute Gasteiger partial charge is 0.481 e. The lowest BCUT2D eigenvalue weighted by molar-refractivity contribution is 0.396. The van der Waals surface area contributed by atoms with E-state index in [0.717, 1.165) is 37.6 Å². The predicted molar refractivity (Wildman–Crippen MR) is 80.7 cm³/mol. The maximum absolute atomic E-state index is 5.20. The van der Waals surface area contributed by atoms with Crippen LogP contribution in [0.3, 0.4) is 0 Å². The summed E-state index contributed by atoms with van der Waals surface area (Å²) in [5, 5.41) is 4.56. The molecule has 1 fully saturated rings. The Bertz CT molecular complexity index is 624. The van der Waals surface area contributed by atoms with Gasteiger partial charge in [0.25, 0.3) is 0 Å². The quantitative estimate of drug-likeness (QED) is 0.860. The highest BCUT2D eigenvalue weighted by Gasteiger charge is 2.27. The van der Waals surface area contributed by atoms with Gasteiger partial charge in [0.15, 0.2) is 0 Å². The Kier molecular flexibility index (Phi) is 3.77. The standard InChI is InChI=1S/C15H21N5O/c1-11-9-12(2)20(18-11)10-13-5-4-8-19(13)15-16-7-6-14(17-15)21-3/h6-7,9,13H,4-5,8,10H2,1-3H3/t13-/m0/s1. The molecule has 3 heterocycles. The molecule has 2 aromatic rings. The third-order valence-corrected chi connectivity index (χ3v) is 3.95. The summed E-state index contributed by atoms with van der Waals surface area (Å²) in [6.45, 7) is 5.99. The number of hydrogen-bond acceptors (Lipinski definition) is 5. The molecule has 1 atom stereocenters. The second kappa shape index (κ2) is 5.71. The molecule has 2 aromatic heterocycles. The Balaban J connectivity index is 1.80. The maximum atomic E-state index is 5.20. The molecular weight excluding hydrogens is 266 g/mol. The lowest BCUT2D eigenvalue weighted by Gasteiger charge is -2.25. The molecule has 0 amide bonds. The van der Waals surface area contributed by atoms with Gasteiger partial charge in [-0.05, 0) is 32.8 Å². The van der Waals surface area contributed by atoms with Crippen LogP contribution >= 0.6 is 0 Å². The first-order valence-corrected chi connectivity index (χ1v) is 7.32. The lowest BCUT2D eigenvalue weighted by Crippen LogP contribution is -2.34. The van der Waals surface area contributed by atoms with Gasteiger partial charge in [-0.15, -0.1) is 0 Å². The van der Waals surface area contributed by atoms with Crippen molar-refractivity contribution in [3.63, 3.8) is 0 Å². The number of aromatic nitrogens is 4. The minimum atomic E-state index is 0.384. The van der Waals surface area contributed by atoms with E-state index >= 15 is 0 Å². The van der Waals surface area contributed by atoms with Crippen molar-refractivity contribution >= 4 is 5.95 Å². The molecular formula is C15H21N5O. The highest BCUT2D eigenvalue weighted by Crippen LogP contribution is 2.25. The van der Waals surface area contributed by atoms with E-state index in [-0.39, 0.29) is 0 Å². The van der Waals surface area contributed by atoms with E-state index in [0.29, 0.717) is 11.9 Å². The van der Waals surface area contributed by atoms with E-state index in [2.05, 4.69) is 37.6 Å². The fourth-order valence-corrected chi connectivity index (χ4v) is 2.93. The van der Waals surface area contributed by atoms with Crippen LogP contribution in [-0.4, -0.2) is 39.4 Å². The molecule has 0 aliphatic carbocycles. The molecule has 6 heteroatoms. The van der Waals surface area contributed by atoms with Gasteiger partial charge in [-0.3, -0.25) is 4.68 Å². The highest BCUT2D eigenvalue weighted by atomic mass is 16.5. The Morgan fingerprint density at radius 2 is 2.24 bits per heavy atom. The van der Waals surface area contributed by atoms with Gasteiger partial charge in [-0.2, -0.15) is 10.1 Å². The predicted octanol–water partition coefficient (Wildman–Crippen LogP) is 1.97. The molecule has 3 rings (SSSR count). The first-order valence-electron chi connectivity index (χ1n) is 7.32. The van der Waals surface area contributed by atoms with Crippen molar-refractivity contribution in [2.45, 2.75) is 39.3 Å². The van der Waals surface area contributed by atoms with Crippen molar-refractivity contribution in [2.75, 3.05) is 18.6 Å². The van der Waals surface area contributed by atoms with Gasteiger partial charge < -0.3 is 9.64 Å². The summed E-state index contributed by atoms with van der Waals surface area (Å²) in [5.41, 5.74) is 2.26. The summed E-state index contributed by atoms with van der Waals surface area (Å²) >= 11 is 0. The minimum absolute atomic E-state index is 0.384. The SMILES string of the molecule is COc1ccnc(N2CCC[C@H]2Cn2nc(C)cc2C)n1. The number of rotatable bonds is 4. The van der Waals surface area contributed by atoms with Crippen LogP contribution in [0.1, 0.15) is 24.2 Å². The molecule has 0 bridgehead atoms. The molecule has 1 aliphatic rings.